The average Bonchev–Trinajstić information content (AvgIpc) is 3.76. The van der Waals surface area contributed by atoms with Crippen LogP contribution < -0.4 is 5.32 Å². The van der Waals surface area contributed by atoms with Gasteiger partial charge in [0.25, 0.3) is 0 Å². The van der Waals surface area contributed by atoms with Crippen molar-refractivity contribution in [1.29, 1.82) is 0 Å². The van der Waals surface area contributed by atoms with Gasteiger partial charge in [-0.2, -0.15) is 0 Å². The zero-order chi connectivity index (χ0) is 41.7. The first-order chi connectivity index (χ1) is 31.2. The summed E-state index contributed by atoms with van der Waals surface area (Å²) in [7, 11) is 0. The van der Waals surface area contributed by atoms with Gasteiger partial charge in [-0.25, -0.2) is 15.0 Å². The fourth-order valence-electron chi connectivity index (χ4n) is 9.10. The summed E-state index contributed by atoms with van der Waals surface area (Å²) in [6.45, 7) is 0. The molecule has 4 nitrogen and oxygen atoms in total. The maximum atomic E-state index is 4.99. The Kier molecular flexibility index (Phi) is 9.05. The molecule has 1 unspecified atom stereocenters. The maximum absolute atomic E-state index is 4.99. The summed E-state index contributed by atoms with van der Waals surface area (Å²) in [5.41, 5.74) is 16.0. The first-order valence-electron chi connectivity index (χ1n) is 21.3. The molecule has 296 valence electrons. The van der Waals surface area contributed by atoms with E-state index in [9.17, 15) is 0 Å². The molecule has 1 aliphatic rings. The molecule has 1 aliphatic heterocycles. The predicted molar refractivity (Wildman–Crippen MR) is 263 cm³/mol. The lowest BCUT2D eigenvalue weighted by atomic mass is 9.83. The number of nitrogens with one attached hydrogen (secondary N) is 1. The van der Waals surface area contributed by atoms with Gasteiger partial charge in [-0.1, -0.05) is 182 Å². The Labute approximate surface area is 369 Å². The van der Waals surface area contributed by atoms with E-state index in [1.54, 1.807) is 0 Å². The van der Waals surface area contributed by atoms with E-state index < -0.39 is 0 Å². The number of hydrogen-bond donors (Lipinski definition) is 1. The van der Waals surface area contributed by atoms with Crippen LogP contribution in [0.1, 0.15) is 17.2 Å². The summed E-state index contributed by atoms with van der Waals surface area (Å²) in [6.07, 6.45) is 0. The van der Waals surface area contributed by atoms with E-state index in [0.29, 0.717) is 17.5 Å². The highest BCUT2D eigenvalue weighted by Gasteiger charge is 2.28. The molecule has 0 aliphatic carbocycles. The van der Waals surface area contributed by atoms with E-state index in [4.69, 9.17) is 15.0 Å². The summed E-state index contributed by atoms with van der Waals surface area (Å²) in [5.74, 6) is 1.94. The second-order valence-corrected chi connectivity index (χ2v) is 17.1. The lowest BCUT2D eigenvalue weighted by Gasteiger charge is -2.31. The number of thiophene rings is 1. The van der Waals surface area contributed by atoms with E-state index in [0.717, 1.165) is 44.6 Å². The lowest BCUT2D eigenvalue weighted by Crippen LogP contribution is -2.18. The SMILES string of the molecule is c1ccc(-c2nc(-c3ccccc3)nc(-c3cccc(-c4cccc(-c5cccc(-c6ccc7c(c6)NC(c6ccccc6)c6ccc8sc9ccccc9c8c6-7)c5)c4)c3)n2)cc1. The molecule has 0 radical (unpaired) electrons. The number of fused-ring (bicyclic) bond motifs is 7. The normalized spacial score (nSPS) is 13.0. The van der Waals surface area contributed by atoms with Gasteiger partial charge in [-0.3, -0.25) is 0 Å². The summed E-state index contributed by atoms with van der Waals surface area (Å²) in [4.78, 5) is 14.9. The minimum Gasteiger partial charge on any atom is -0.374 e. The zero-order valence-electron chi connectivity index (χ0n) is 34.1. The lowest BCUT2D eigenvalue weighted by molar-refractivity contribution is 0.933. The second-order valence-electron chi connectivity index (χ2n) is 16.0. The van der Waals surface area contributed by atoms with Crippen molar-refractivity contribution in [3.8, 4) is 78.7 Å². The molecule has 9 aromatic carbocycles. The minimum absolute atomic E-state index is 0.0292. The molecule has 0 saturated carbocycles. The van der Waals surface area contributed by atoms with Crippen molar-refractivity contribution < 1.29 is 0 Å². The average molecular weight is 823 g/mol. The van der Waals surface area contributed by atoms with Crippen LogP contribution in [0.4, 0.5) is 5.69 Å². The third kappa shape index (κ3) is 6.76. The van der Waals surface area contributed by atoms with E-state index in [-0.39, 0.29) is 6.04 Å². The molecule has 3 heterocycles. The molecule has 1 N–H and O–H groups in total. The molecule has 1 atom stereocenters. The maximum Gasteiger partial charge on any atom is 0.164 e. The highest BCUT2D eigenvalue weighted by Crippen LogP contribution is 2.50. The van der Waals surface area contributed by atoms with Crippen molar-refractivity contribution in [1.82, 2.24) is 15.0 Å². The van der Waals surface area contributed by atoms with Crippen LogP contribution in [0.3, 0.4) is 0 Å². The van der Waals surface area contributed by atoms with Gasteiger partial charge in [0.1, 0.15) is 0 Å². The van der Waals surface area contributed by atoms with E-state index in [1.807, 2.05) is 72.0 Å². The van der Waals surface area contributed by atoms with Crippen molar-refractivity contribution in [2.75, 3.05) is 5.32 Å². The van der Waals surface area contributed by atoms with Crippen LogP contribution in [-0.2, 0) is 0 Å². The number of rotatable bonds is 7. The highest BCUT2D eigenvalue weighted by atomic mass is 32.1. The van der Waals surface area contributed by atoms with Gasteiger partial charge in [0.05, 0.1) is 6.04 Å². The fourth-order valence-corrected chi connectivity index (χ4v) is 10.2. The molecule has 0 fully saturated rings. The Bertz CT molecular complexity index is 3430. The highest BCUT2D eigenvalue weighted by molar-refractivity contribution is 7.26. The Balaban J connectivity index is 0.902. The molecule has 0 bridgehead atoms. The Morgan fingerprint density at radius 3 is 1.44 bits per heavy atom. The van der Waals surface area contributed by atoms with Crippen LogP contribution in [0.2, 0.25) is 0 Å². The molecule has 0 amide bonds. The Hall–Kier alpha value is -7.99. The fraction of sp³-hybridized carbons (Fsp3) is 0.0172. The summed E-state index contributed by atoms with van der Waals surface area (Å²) in [6, 6.07) is 77.7. The molecular formula is C58H38N4S. The number of aromatic nitrogens is 3. The Morgan fingerprint density at radius 2 is 0.841 bits per heavy atom. The number of anilines is 1. The van der Waals surface area contributed by atoms with Crippen LogP contribution in [-0.4, -0.2) is 15.0 Å². The summed E-state index contributed by atoms with van der Waals surface area (Å²) < 4.78 is 2.64. The van der Waals surface area contributed by atoms with Crippen LogP contribution in [0, 0.1) is 0 Å². The van der Waals surface area contributed by atoms with E-state index in [2.05, 4.69) is 163 Å². The van der Waals surface area contributed by atoms with Crippen LogP contribution >= 0.6 is 11.3 Å². The molecular weight excluding hydrogens is 785 g/mol. The van der Waals surface area contributed by atoms with Gasteiger partial charge in [0.2, 0.25) is 0 Å². The van der Waals surface area contributed by atoms with Crippen molar-refractivity contribution in [3.63, 3.8) is 0 Å². The van der Waals surface area contributed by atoms with Crippen molar-refractivity contribution in [2.45, 2.75) is 6.04 Å². The van der Waals surface area contributed by atoms with E-state index >= 15 is 0 Å². The van der Waals surface area contributed by atoms with Crippen LogP contribution in [0.5, 0.6) is 0 Å². The van der Waals surface area contributed by atoms with Gasteiger partial charge in [-0.15, -0.1) is 11.3 Å². The Morgan fingerprint density at radius 1 is 0.365 bits per heavy atom. The summed E-state index contributed by atoms with van der Waals surface area (Å²) in [5, 5.41) is 6.65. The van der Waals surface area contributed by atoms with Crippen molar-refractivity contribution in [2.24, 2.45) is 0 Å². The van der Waals surface area contributed by atoms with Crippen LogP contribution in [0.25, 0.3) is 98.8 Å². The molecule has 0 saturated heterocycles. The first-order valence-corrected chi connectivity index (χ1v) is 22.1. The third-order valence-electron chi connectivity index (χ3n) is 12.2. The molecule has 0 spiro atoms. The quantitative estimate of drug-likeness (QED) is 0.174. The van der Waals surface area contributed by atoms with E-state index in [1.165, 1.54) is 53.6 Å². The smallest absolute Gasteiger partial charge is 0.164 e. The summed E-state index contributed by atoms with van der Waals surface area (Å²) >= 11 is 1.88. The molecule has 63 heavy (non-hydrogen) atoms. The number of benzene rings is 9. The predicted octanol–water partition coefficient (Wildman–Crippen LogP) is 15.4. The van der Waals surface area contributed by atoms with Gasteiger partial charge in [-0.05, 0) is 86.5 Å². The zero-order valence-corrected chi connectivity index (χ0v) is 34.9. The standard InChI is InChI=1S/C58H38N4S/c1-4-15-37(16-5-1)55-49-31-32-52-54(48-27-10-11-28-51(48)63-52)53(49)47-30-29-45(36-50(47)59-55)43-24-13-22-41(34-43)40-21-12-23-42(33-40)44-25-14-26-46(35-44)58-61-56(38-17-6-2-7-18-38)60-57(62-58)39-19-8-3-9-20-39/h1-36,55,59H. The van der Waals surface area contributed by atoms with Crippen LogP contribution in [0.15, 0.2) is 218 Å². The number of nitrogens with zero attached hydrogens (tertiary/aromatic N) is 3. The van der Waals surface area contributed by atoms with Crippen molar-refractivity contribution in [3.05, 3.63) is 230 Å². The monoisotopic (exact) mass is 822 g/mol. The molecule has 5 heteroatoms. The van der Waals surface area contributed by atoms with Gasteiger partial charge in [0.15, 0.2) is 17.5 Å². The first kappa shape index (κ1) is 36.8. The van der Waals surface area contributed by atoms with Gasteiger partial charge >= 0.3 is 0 Å². The number of hydrogen-bond acceptors (Lipinski definition) is 5. The molecule has 11 aromatic rings. The molecule has 2 aromatic heterocycles. The third-order valence-corrected chi connectivity index (χ3v) is 13.3. The van der Waals surface area contributed by atoms with Gasteiger partial charge < -0.3 is 5.32 Å². The van der Waals surface area contributed by atoms with Gasteiger partial charge in [0, 0.05) is 48.1 Å². The van der Waals surface area contributed by atoms with Crippen molar-refractivity contribution >= 4 is 37.2 Å². The molecule has 12 rings (SSSR count). The topological polar surface area (TPSA) is 50.7 Å². The largest absolute Gasteiger partial charge is 0.374 e. The second kappa shape index (κ2) is 15.5. The minimum atomic E-state index is 0.0292.